The van der Waals surface area contributed by atoms with Gasteiger partial charge in [0.2, 0.25) is 5.90 Å². The van der Waals surface area contributed by atoms with Gasteiger partial charge in [-0.1, -0.05) is 17.7 Å². The molecule has 0 atom stereocenters. The van der Waals surface area contributed by atoms with Crippen LogP contribution < -0.4 is 4.74 Å². The molecule has 0 radical (unpaired) electrons. The van der Waals surface area contributed by atoms with Gasteiger partial charge in [-0.05, 0) is 24.3 Å². The van der Waals surface area contributed by atoms with Crippen LogP contribution in [0.4, 0.5) is 0 Å². The first-order chi connectivity index (χ1) is 11.7. The van der Waals surface area contributed by atoms with Gasteiger partial charge in [-0.25, -0.2) is 14.8 Å². The monoisotopic (exact) mass is 359 g/mol. The number of fused-ring (bicyclic) bond motifs is 1. The van der Waals surface area contributed by atoms with Crippen molar-refractivity contribution in [3.8, 4) is 5.75 Å². The minimum absolute atomic E-state index is 0.169. The van der Waals surface area contributed by atoms with Crippen LogP contribution in [0.1, 0.15) is 11.3 Å². The van der Waals surface area contributed by atoms with Crippen LogP contribution in [0.25, 0.3) is 11.0 Å². The molecular weight excluding hydrogens is 350 g/mol. The van der Waals surface area contributed by atoms with Gasteiger partial charge >= 0.3 is 5.97 Å². The van der Waals surface area contributed by atoms with E-state index in [1.54, 1.807) is 41.9 Å². The Kier molecular flexibility index (Phi) is 3.59. The zero-order valence-corrected chi connectivity index (χ0v) is 14.0. The topological polar surface area (TPSA) is 65.2 Å². The normalized spacial score (nSPS) is 15.8. The Hall–Kier alpha value is -2.64. The molecule has 0 amide bonds. The van der Waals surface area contributed by atoms with Crippen molar-refractivity contribution >= 4 is 45.8 Å². The van der Waals surface area contributed by atoms with E-state index in [-0.39, 0.29) is 11.6 Å². The third kappa shape index (κ3) is 2.47. The maximum absolute atomic E-state index is 12.1. The lowest BCUT2D eigenvalue weighted by Crippen LogP contribution is -2.05. The number of cyclic esters (lactones) is 1. The average Bonchev–Trinajstić information content (AvgIpc) is 3.25. The van der Waals surface area contributed by atoms with Crippen LogP contribution in [0.3, 0.4) is 0 Å². The Morgan fingerprint density at radius 1 is 1.42 bits per heavy atom. The largest absolute Gasteiger partial charge is 0.497 e. The summed E-state index contributed by atoms with van der Waals surface area (Å²) in [7, 11) is 1.57. The highest BCUT2D eigenvalue weighted by Gasteiger charge is 2.25. The number of thiazole rings is 1. The molecule has 120 valence electrons. The number of ether oxygens (including phenoxy) is 2. The summed E-state index contributed by atoms with van der Waals surface area (Å²) in [6.07, 6.45) is 3.41. The number of carbonyl (C=O) groups is 1. The summed E-state index contributed by atoms with van der Waals surface area (Å²) in [5, 5.41) is 2.20. The molecule has 0 aliphatic carbocycles. The standard InChI is InChI=1S/C16H10ClN3O3S/c1-22-10-4-2-3-9(7-10)14-18-11(15(21)23-14)8-12-13(17)19-16-20(12)5-6-24-16/h2-8H,1H3. The number of aromatic nitrogens is 2. The van der Waals surface area contributed by atoms with Crippen LogP contribution in [0.2, 0.25) is 5.15 Å². The summed E-state index contributed by atoms with van der Waals surface area (Å²) in [5.74, 6) is 0.351. The maximum atomic E-state index is 12.1. The lowest BCUT2D eigenvalue weighted by atomic mass is 10.2. The minimum Gasteiger partial charge on any atom is -0.497 e. The molecule has 2 aromatic heterocycles. The van der Waals surface area contributed by atoms with Gasteiger partial charge in [0.05, 0.1) is 12.8 Å². The maximum Gasteiger partial charge on any atom is 0.363 e. The highest BCUT2D eigenvalue weighted by atomic mass is 35.5. The van der Waals surface area contributed by atoms with Crippen LogP contribution in [0.15, 0.2) is 46.5 Å². The molecule has 3 heterocycles. The van der Waals surface area contributed by atoms with Crippen molar-refractivity contribution in [2.45, 2.75) is 0 Å². The van der Waals surface area contributed by atoms with E-state index in [2.05, 4.69) is 9.98 Å². The van der Waals surface area contributed by atoms with Crippen LogP contribution in [0, 0.1) is 0 Å². The lowest BCUT2D eigenvalue weighted by Gasteiger charge is -2.02. The van der Waals surface area contributed by atoms with Gasteiger partial charge < -0.3 is 9.47 Å². The summed E-state index contributed by atoms with van der Waals surface area (Å²) >= 11 is 7.60. The van der Waals surface area contributed by atoms with Crippen LogP contribution in [0.5, 0.6) is 5.75 Å². The van der Waals surface area contributed by atoms with E-state index in [1.165, 1.54) is 11.3 Å². The summed E-state index contributed by atoms with van der Waals surface area (Å²) in [5.41, 5.74) is 1.42. The Labute approximate surface area is 145 Å². The van der Waals surface area contributed by atoms with Gasteiger partial charge in [0.1, 0.15) is 5.75 Å². The zero-order chi connectivity index (χ0) is 16.7. The number of imidazole rings is 1. The van der Waals surface area contributed by atoms with Gasteiger partial charge in [0.15, 0.2) is 15.8 Å². The van der Waals surface area contributed by atoms with Crippen molar-refractivity contribution in [3.05, 3.63) is 57.9 Å². The van der Waals surface area contributed by atoms with E-state index >= 15 is 0 Å². The molecule has 4 rings (SSSR count). The number of rotatable bonds is 3. The highest BCUT2D eigenvalue weighted by Crippen LogP contribution is 2.26. The molecular formula is C16H10ClN3O3S. The molecule has 0 unspecified atom stereocenters. The summed E-state index contributed by atoms with van der Waals surface area (Å²) in [4.78, 5) is 21.4. The molecule has 0 fully saturated rings. The lowest BCUT2D eigenvalue weighted by molar-refractivity contribution is -0.129. The second kappa shape index (κ2) is 5.77. The minimum atomic E-state index is -0.533. The molecule has 8 heteroatoms. The van der Waals surface area contributed by atoms with Crippen molar-refractivity contribution in [2.75, 3.05) is 7.11 Å². The molecule has 6 nitrogen and oxygen atoms in total. The smallest absolute Gasteiger partial charge is 0.363 e. The number of carbonyl (C=O) groups excluding carboxylic acids is 1. The molecule has 1 aliphatic rings. The predicted molar refractivity (Wildman–Crippen MR) is 91.7 cm³/mol. The molecule has 3 aromatic rings. The molecule has 0 saturated carbocycles. The van der Waals surface area contributed by atoms with Crippen molar-refractivity contribution in [2.24, 2.45) is 4.99 Å². The Bertz CT molecular complexity index is 1020. The van der Waals surface area contributed by atoms with Crippen LogP contribution in [-0.2, 0) is 9.53 Å². The van der Waals surface area contributed by atoms with E-state index in [4.69, 9.17) is 21.1 Å². The van der Waals surface area contributed by atoms with Crippen LogP contribution in [-0.4, -0.2) is 28.4 Å². The van der Waals surface area contributed by atoms with Gasteiger partial charge in [-0.3, -0.25) is 4.40 Å². The van der Waals surface area contributed by atoms with Crippen molar-refractivity contribution in [1.82, 2.24) is 9.38 Å². The van der Waals surface area contributed by atoms with Gasteiger partial charge in [-0.2, -0.15) is 0 Å². The van der Waals surface area contributed by atoms with Gasteiger partial charge in [0, 0.05) is 17.1 Å². The van der Waals surface area contributed by atoms with E-state index in [0.29, 0.717) is 22.2 Å². The summed E-state index contributed by atoms with van der Waals surface area (Å²) < 4.78 is 12.2. The zero-order valence-electron chi connectivity index (χ0n) is 12.4. The van der Waals surface area contributed by atoms with Gasteiger partial charge in [0.25, 0.3) is 0 Å². The van der Waals surface area contributed by atoms with Crippen molar-refractivity contribution < 1.29 is 14.3 Å². The molecule has 1 aliphatic heterocycles. The second-order valence-corrected chi connectivity index (χ2v) is 6.14. The SMILES string of the molecule is COc1cccc(C2=NC(=Cc3c(Cl)nc4sccn34)C(=O)O2)c1. The number of esters is 1. The van der Waals surface area contributed by atoms with E-state index in [1.807, 2.05) is 11.6 Å². The van der Waals surface area contributed by atoms with E-state index < -0.39 is 5.97 Å². The summed E-state index contributed by atoms with van der Waals surface area (Å²) in [6, 6.07) is 7.14. The molecule has 0 bridgehead atoms. The number of hydrogen-bond acceptors (Lipinski definition) is 6. The average molecular weight is 360 g/mol. The number of methoxy groups -OCH3 is 1. The fourth-order valence-electron chi connectivity index (χ4n) is 2.32. The molecule has 0 spiro atoms. The van der Waals surface area contributed by atoms with Crippen molar-refractivity contribution in [1.29, 1.82) is 0 Å². The first-order valence-electron chi connectivity index (χ1n) is 6.94. The Morgan fingerprint density at radius 2 is 2.29 bits per heavy atom. The second-order valence-electron chi connectivity index (χ2n) is 4.91. The first-order valence-corrected chi connectivity index (χ1v) is 8.19. The molecule has 24 heavy (non-hydrogen) atoms. The number of halogens is 1. The quantitative estimate of drug-likeness (QED) is 0.531. The molecule has 0 N–H and O–H groups in total. The Morgan fingerprint density at radius 3 is 3.12 bits per heavy atom. The number of aliphatic imine (C=N–C) groups is 1. The van der Waals surface area contributed by atoms with Crippen LogP contribution >= 0.6 is 22.9 Å². The third-order valence-electron chi connectivity index (χ3n) is 3.46. The van der Waals surface area contributed by atoms with E-state index in [0.717, 1.165) is 4.96 Å². The Balaban J connectivity index is 1.75. The fourth-order valence-corrected chi connectivity index (χ4v) is 3.32. The number of nitrogens with zero attached hydrogens (tertiary/aromatic N) is 3. The number of benzene rings is 1. The third-order valence-corrected chi connectivity index (χ3v) is 4.50. The molecule has 1 aromatic carbocycles. The van der Waals surface area contributed by atoms with Gasteiger partial charge in [-0.15, -0.1) is 11.3 Å². The van der Waals surface area contributed by atoms with E-state index in [9.17, 15) is 4.79 Å². The number of hydrogen-bond donors (Lipinski definition) is 0. The van der Waals surface area contributed by atoms with Crippen molar-refractivity contribution in [3.63, 3.8) is 0 Å². The fraction of sp³-hybridized carbons (Fsp3) is 0.0625. The highest BCUT2D eigenvalue weighted by molar-refractivity contribution is 7.15. The molecule has 0 saturated heterocycles. The predicted octanol–water partition coefficient (Wildman–Crippen LogP) is 3.40. The summed E-state index contributed by atoms with van der Waals surface area (Å²) in [6.45, 7) is 0. The first kappa shape index (κ1) is 14.9.